The van der Waals surface area contributed by atoms with Crippen molar-refractivity contribution in [3.05, 3.63) is 41.6 Å². The number of rotatable bonds is 5. The predicted molar refractivity (Wildman–Crippen MR) is 69.5 cm³/mol. The van der Waals surface area contributed by atoms with Gasteiger partial charge in [0.25, 0.3) is 0 Å². The van der Waals surface area contributed by atoms with Crippen molar-refractivity contribution in [1.29, 1.82) is 0 Å². The zero-order valence-electron chi connectivity index (χ0n) is 11.4. The van der Waals surface area contributed by atoms with Crippen LogP contribution in [0.25, 0.3) is 11.3 Å². The Bertz CT molecular complexity index is 594. The van der Waals surface area contributed by atoms with Gasteiger partial charge >= 0.3 is 0 Å². The van der Waals surface area contributed by atoms with E-state index in [0.717, 1.165) is 0 Å². The van der Waals surface area contributed by atoms with E-state index in [0.29, 0.717) is 11.3 Å². The highest BCUT2D eigenvalue weighted by Crippen LogP contribution is 2.29. The fraction of sp³-hybridized carbons (Fsp3) is 0.286. The van der Waals surface area contributed by atoms with Gasteiger partial charge < -0.3 is 19.2 Å². The summed E-state index contributed by atoms with van der Waals surface area (Å²) >= 11 is 0. The van der Waals surface area contributed by atoms with E-state index >= 15 is 0 Å². The molecule has 0 saturated carbocycles. The van der Waals surface area contributed by atoms with Crippen molar-refractivity contribution < 1.29 is 23.0 Å². The molecule has 6 heteroatoms. The normalized spacial score (nSPS) is 11.1. The number of aromatic nitrogens is 1. The lowest BCUT2D eigenvalue weighted by Gasteiger charge is -2.10. The highest BCUT2D eigenvalue weighted by atomic mass is 19.1. The molecule has 0 atom stereocenters. The van der Waals surface area contributed by atoms with Crippen molar-refractivity contribution in [3.63, 3.8) is 0 Å². The quantitative estimate of drug-likeness (QED) is 0.856. The first-order chi connectivity index (χ1) is 9.60. The Hall–Kier alpha value is -1.92. The molecule has 0 saturated heterocycles. The third-order valence-corrected chi connectivity index (χ3v) is 2.91. The molecular formula is C14H15F2NO3. The van der Waals surface area contributed by atoms with Crippen LogP contribution in [-0.2, 0) is 9.47 Å². The molecule has 1 heterocycles. The maximum absolute atomic E-state index is 13.9. The molecule has 0 fully saturated rings. The standard InChI is InChI=1S/C14H15F2NO3/c1-18-12-5-4-8(6-9(12)15)13-10(16)7-11(17-13)14(19-2)20-3/h4-7,14,17H,1-3H3. The van der Waals surface area contributed by atoms with E-state index in [1.807, 2.05) is 0 Å². The second kappa shape index (κ2) is 6.02. The second-order valence-corrected chi connectivity index (χ2v) is 4.10. The highest BCUT2D eigenvalue weighted by molar-refractivity contribution is 5.62. The number of hydrogen-bond acceptors (Lipinski definition) is 3. The number of halogens is 2. The van der Waals surface area contributed by atoms with Gasteiger partial charge in [-0.3, -0.25) is 0 Å². The van der Waals surface area contributed by atoms with Crippen LogP contribution < -0.4 is 4.74 Å². The molecule has 1 aromatic carbocycles. The van der Waals surface area contributed by atoms with E-state index in [-0.39, 0.29) is 11.4 Å². The molecule has 1 aromatic heterocycles. The number of ether oxygens (including phenoxy) is 3. The Labute approximate surface area is 115 Å². The maximum atomic E-state index is 13.9. The molecule has 2 aromatic rings. The van der Waals surface area contributed by atoms with Crippen molar-refractivity contribution in [1.82, 2.24) is 4.98 Å². The molecule has 0 bridgehead atoms. The molecule has 0 aliphatic rings. The van der Waals surface area contributed by atoms with Crippen LogP contribution in [-0.4, -0.2) is 26.3 Å². The second-order valence-electron chi connectivity index (χ2n) is 4.10. The largest absolute Gasteiger partial charge is 0.494 e. The lowest BCUT2D eigenvalue weighted by molar-refractivity contribution is -0.108. The van der Waals surface area contributed by atoms with E-state index in [1.165, 1.54) is 39.5 Å². The molecule has 0 radical (unpaired) electrons. The van der Waals surface area contributed by atoms with E-state index in [9.17, 15) is 8.78 Å². The Morgan fingerprint density at radius 2 is 1.70 bits per heavy atom. The summed E-state index contributed by atoms with van der Waals surface area (Å²) in [6, 6.07) is 5.46. The van der Waals surface area contributed by atoms with E-state index in [1.54, 1.807) is 6.07 Å². The van der Waals surface area contributed by atoms with Crippen LogP contribution in [0.4, 0.5) is 8.78 Å². The molecule has 20 heavy (non-hydrogen) atoms. The molecular weight excluding hydrogens is 268 g/mol. The Morgan fingerprint density at radius 1 is 1.00 bits per heavy atom. The maximum Gasteiger partial charge on any atom is 0.198 e. The minimum Gasteiger partial charge on any atom is -0.494 e. The number of methoxy groups -OCH3 is 3. The predicted octanol–water partition coefficient (Wildman–Crippen LogP) is 3.26. The van der Waals surface area contributed by atoms with Gasteiger partial charge in [-0.2, -0.15) is 0 Å². The fourth-order valence-electron chi connectivity index (χ4n) is 1.96. The smallest absolute Gasteiger partial charge is 0.198 e. The molecule has 0 spiro atoms. The molecule has 4 nitrogen and oxygen atoms in total. The summed E-state index contributed by atoms with van der Waals surface area (Å²) < 4.78 is 42.5. The Kier molecular flexibility index (Phi) is 4.36. The zero-order valence-corrected chi connectivity index (χ0v) is 11.4. The first-order valence-corrected chi connectivity index (χ1v) is 5.88. The monoisotopic (exact) mass is 283 g/mol. The lowest BCUT2D eigenvalue weighted by atomic mass is 10.1. The van der Waals surface area contributed by atoms with Crippen LogP contribution in [0.15, 0.2) is 24.3 Å². The third-order valence-electron chi connectivity index (χ3n) is 2.91. The molecule has 0 aliphatic carbocycles. The van der Waals surface area contributed by atoms with Gasteiger partial charge in [-0.1, -0.05) is 0 Å². The number of aromatic amines is 1. The summed E-state index contributed by atoms with van der Waals surface area (Å²) in [5.41, 5.74) is 0.956. The molecule has 2 rings (SSSR count). The number of H-pyrrole nitrogens is 1. The van der Waals surface area contributed by atoms with Crippen LogP contribution in [0, 0.1) is 11.6 Å². The summed E-state index contributed by atoms with van der Waals surface area (Å²) in [6.07, 6.45) is -0.707. The molecule has 0 amide bonds. The summed E-state index contributed by atoms with van der Waals surface area (Å²) in [5, 5.41) is 0. The minimum atomic E-state index is -0.707. The average Bonchev–Trinajstić information content (AvgIpc) is 2.82. The van der Waals surface area contributed by atoms with Crippen molar-refractivity contribution in [3.8, 4) is 17.0 Å². The Balaban J connectivity index is 2.40. The van der Waals surface area contributed by atoms with Crippen LogP contribution >= 0.6 is 0 Å². The average molecular weight is 283 g/mol. The number of hydrogen-bond donors (Lipinski definition) is 1. The third kappa shape index (κ3) is 2.66. The zero-order chi connectivity index (χ0) is 14.7. The van der Waals surface area contributed by atoms with Crippen LogP contribution in [0.2, 0.25) is 0 Å². The van der Waals surface area contributed by atoms with Crippen molar-refractivity contribution >= 4 is 0 Å². The van der Waals surface area contributed by atoms with Gasteiger partial charge in [0, 0.05) is 25.8 Å². The minimum absolute atomic E-state index is 0.104. The van der Waals surface area contributed by atoms with E-state index in [4.69, 9.17) is 14.2 Å². The van der Waals surface area contributed by atoms with Crippen LogP contribution in [0.5, 0.6) is 5.75 Å². The summed E-state index contributed by atoms with van der Waals surface area (Å²) in [7, 11) is 4.26. The van der Waals surface area contributed by atoms with Crippen molar-refractivity contribution in [2.24, 2.45) is 0 Å². The highest BCUT2D eigenvalue weighted by Gasteiger charge is 2.17. The van der Waals surface area contributed by atoms with Gasteiger partial charge in [-0.25, -0.2) is 8.78 Å². The lowest BCUT2D eigenvalue weighted by Crippen LogP contribution is -2.03. The molecule has 1 N–H and O–H groups in total. The van der Waals surface area contributed by atoms with Crippen LogP contribution in [0.1, 0.15) is 12.0 Å². The molecule has 108 valence electrons. The summed E-state index contributed by atoms with van der Waals surface area (Å²) in [5.74, 6) is -0.966. The van der Waals surface area contributed by atoms with E-state index in [2.05, 4.69) is 4.98 Å². The number of benzene rings is 1. The van der Waals surface area contributed by atoms with Gasteiger partial charge in [0.05, 0.1) is 18.5 Å². The summed E-state index contributed by atoms with van der Waals surface area (Å²) in [6.45, 7) is 0. The van der Waals surface area contributed by atoms with Gasteiger partial charge in [-0.15, -0.1) is 0 Å². The SMILES string of the molecule is COc1ccc(-c2[nH]c(C(OC)OC)cc2F)cc1F. The fourth-order valence-corrected chi connectivity index (χ4v) is 1.96. The van der Waals surface area contributed by atoms with Crippen molar-refractivity contribution in [2.45, 2.75) is 6.29 Å². The first kappa shape index (κ1) is 14.5. The Morgan fingerprint density at radius 3 is 2.25 bits per heavy atom. The topological polar surface area (TPSA) is 43.5 Å². The van der Waals surface area contributed by atoms with Gasteiger partial charge in [0.15, 0.2) is 17.9 Å². The van der Waals surface area contributed by atoms with Crippen LogP contribution in [0.3, 0.4) is 0 Å². The van der Waals surface area contributed by atoms with E-state index < -0.39 is 17.9 Å². The molecule has 0 aliphatic heterocycles. The van der Waals surface area contributed by atoms with Gasteiger partial charge in [-0.05, 0) is 18.2 Å². The molecule has 0 unspecified atom stereocenters. The first-order valence-electron chi connectivity index (χ1n) is 5.88. The number of nitrogens with one attached hydrogen (secondary N) is 1. The summed E-state index contributed by atoms with van der Waals surface area (Å²) in [4.78, 5) is 2.83. The van der Waals surface area contributed by atoms with Crippen molar-refractivity contribution in [2.75, 3.05) is 21.3 Å². The van der Waals surface area contributed by atoms with Gasteiger partial charge in [0.2, 0.25) is 0 Å². The van der Waals surface area contributed by atoms with Gasteiger partial charge in [0.1, 0.15) is 5.82 Å².